The monoisotopic (exact) mass is 236 g/mol. The summed E-state index contributed by atoms with van der Waals surface area (Å²) in [6, 6.07) is 6.83. The van der Waals surface area contributed by atoms with E-state index < -0.39 is 17.4 Å². The van der Waals surface area contributed by atoms with E-state index in [4.69, 9.17) is 5.11 Å². The number of rotatable bonds is 4. The van der Waals surface area contributed by atoms with Crippen LogP contribution in [0.4, 0.5) is 0 Å². The van der Waals surface area contributed by atoms with Crippen molar-refractivity contribution in [2.75, 3.05) is 7.11 Å². The first-order valence-corrected chi connectivity index (χ1v) is 5.27. The molecule has 0 aliphatic rings. The fourth-order valence-corrected chi connectivity index (χ4v) is 1.51. The Bertz CT molecular complexity index is 435. The van der Waals surface area contributed by atoms with Crippen molar-refractivity contribution in [3.05, 3.63) is 35.4 Å². The Morgan fingerprint density at radius 2 is 2.00 bits per heavy atom. The summed E-state index contributed by atoms with van der Waals surface area (Å²) in [5, 5.41) is 9.04. The van der Waals surface area contributed by atoms with Crippen LogP contribution in [0.5, 0.6) is 0 Å². The van der Waals surface area contributed by atoms with E-state index in [1.165, 1.54) is 7.11 Å². The normalized spacial score (nSPS) is 11.0. The zero-order chi connectivity index (χ0) is 13.1. The molecule has 1 rings (SSSR count). The van der Waals surface area contributed by atoms with Crippen molar-refractivity contribution in [1.82, 2.24) is 0 Å². The van der Waals surface area contributed by atoms with E-state index in [2.05, 4.69) is 4.74 Å². The summed E-state index contributed by atoms with van der Waals surface area (Å²) in [4.78, 5) is 22.3. The van der Waals surface area contributed by atoms with Crippen LogP contribution in [-0.2, 0) is 16.0 Å². The zero-order valence-corrected chi connectivity index (χ0v) is 10.2. The highest BCUT2D eigenvalue weighted by Gasteiger charge is 2.27. The highest BCUT2D eigenvalue weighted by molar-refractivity contribution is 5.89. The van der Waals surface area contributed by atoms with Gasteiger partial charge in [0.15, 0.2) is 0 Å². The van der Waals surface area contributed by atoms with E-state index in [1.807, 2.05) is 0 Å². The molecule has 4 nitrogen and oxygen atoms in total. The molecule has 0 atom stereocenters. The van der Waals surface area contributed by atoms with Gasteiger partial charge in [-0.15, -0.1) is 0 Å². The molecule has 0 aromatic heterocycles. The smallest absolute Gasteiger partial charge is 0.337 e. The number of hydrogen-bond donors (Lipinski definition) is 1. The third-order valence-corrected chi connectivity index (χ3v) is 2.57. The minimum Gasteiger partial charge on any atom is -0.481 e. The summed E-state index contributed by atoms with van der Waals surface area (Å²) in [7, 11) is 1.32. The lowest BCUT2D eigenvalue weighted by molar-refractivity contribution is -0.146. The van der Waals surface area contributed by atoms with Gasteiger partial charge in [0.1, 0.15) is 0 Å². The highest BCUT2D eigenvalue weighted by Crippen LogP contribution is 2.22. The Hall–Kier alpha value is -1.84. The summed E-state index contributed by atoms with van der Waals surface area (Å²) in [6.45, 7) is 3.31. The van der Waals surface area contributed by atoms with Gasteiger partial charge in [-0.05, 0) is 38.0 Å². The summed E-state index contributed by atoms with van der Waals surface area (Å²) in [5.74, 6) is -1.28. The molecular weight excluding hydrogens is 220 g/mol. The number of carboxylic acids is 1. The quantitative estimate of drug-likeness (QED) is 0.813. The van der Waals surface area contributed by atoms with Crippen molar-refractivity contribution < 1.29 is 19.4 Å². The number of carboxylic acid groups (broad SMARTS) is 1. The third kappa shape index (κ3) is 3.31. The lowest BCUT2D eigenvalue weighted by Gasteiger charge is -2.19. The second kappa shape index (κ2) is 4.99. The van der Waals surface area contributed by atoms with Crippen molar-refractivity contribution in [2.45, 2.75) is 20.3 Å². The van der Waals surface area contributed by atoms with Crippen LogP contribution in [0.25, 0.3) is 0 Å². The number of ether oxygens (including phenoxy) is 1. The fraction of sp³-hybridized carbons (Fsp3) is 0.385. The van der Waals surface area contributed by atoms with E-state index in [1.54, 1.807) is 38.1 Å². The molecule has 0 amide bonds. The lowest BCUT2D eigenvalue weighted by atomic mass is 9.85. The molecule has 0 unspecified atom stereocenters. The van der Waals surface area contributed by atoms with Gasteiger partial charge in [-0.2, -0.15) is 0 Å². The van der Waals surface area contributed by atoms with Gasteiger partial charge in [-0.3, -0.25) is 4.79 Å². The predicted molar refractivity (Wildman–Crippen MR) is 62.9 cm³/mol. The maximum absolute atomic E-state index is 11.3. The Morgan fingerprint density at radius 1 is 1.35 bits per heavy atom. The Kier molecular flexibility index (Phi) is 3.89. The molecule has 92 valence electrons. The first-order valence-electron chi connectivity index (χ1n) is 5.27. The number of carbonyl (C=O) groups is 2. The first kappa shape index (κ1) is 13.2. The van der Waals surface area contributed by atoms with E-state index in [0.29, 0.717) is 12.0 Å². The van der Waals surface area contributed by atoms with Gasteiger partial charge in [-0.1, -0.05) is 12.1 Å². The fourth-order valence-electron chi connectivity index (χ4n) is 1.51. The van der Waals surface area contributed by atoms with Crippen LogP contribution >= 0.6 is 0 Å². The molecule has 0 saturated carbocycles. The molecule has 0 bridgehead atoms. The van der Waals surface area contributed by atoms with Crippen molar-refractivity contribution in [2.24, 2.45) is 5.41 Å². The zero-order valence-electron chi connectivity index (χ0n) is 10.2. The average Bonchev–Trinajstić information content (AvgIpc) is 2.27. The Balaban J connectivity index is 2.93. The Morgan fingerprint density at radius 3 is 2.53 bits per heavy atom. The first-order chi connectivity index (χ1) is 7.86. The van der Waals surface area contributed by atoms with Crippen LogP contribution in [0.3, 0.4) is 0 Å². The van der Waals surface area contributed by atoms with Crippen molar-refractivity contribution in [1.29, 1.82) is 0 Å². The maximum atomic E-state index is 11.3. The summed E-state index contributed by atoms with van der Waals surface area (Å²) < 4.78 is 4.61. The number of benzene rings is 1. The van der Waals surface area contributed by atoms with E-state index in [0.717, 1.165) is 5.56 Å². The van der Waals surface area contributed by atoms with Gasteiger partial charge in [0.05, 0.1) is 18.1 Å². The molecule has 1 aromatic carbocycles. The molecule has 4 heteroatoms. The SMILES string of the molecule is COC(=O)c1cccc(CC(C)(C)C(=O)O)c1. The minimum atomic E-state index is -0.860. The lowest BCUT2D eigenvalue weighted by Crippen LogP contribution is -2.26. The number of hydrogen-bond acceptors (Lipinski definition) is 3. The van der Waals surface area contributed by atoms with Crippen LogP contribution in [0.2, 0.25) is 0 Å². The van der Waals surface area contributed by atoms with Gasteiger partial charge in [0, 0.05) is 0 Å². The average molecular weight is 236 g/mol. The number of aliphatic carboxylic acids is 1. The summed E-state index contributed by atoms with van der Waals surface area (Å²) in [6.07, 6.45) is 0.368. The number of esters is 1. The van der Waals surface area contributed by atoms with Gasteiger partial charge in [-0.25, -0.2) is 4.79 Å². The minimum absolute atomic E-state index is 0.368. The summed E-state index contributed by atoms with van der Waals surface area (Å²) >= 11 is 0. The molecule has 0 fully saturated rings. The molecule has 0 radical (unpaired) electrons. The van der Waals surface area contributed by atoms with Crippen LogP contribution in [0.15, 0.2) is 24.3 Å². The van der Waals surface area contributed by atoms with Crippen molar-refractivity contribution in [3.8, 4) is 0 Å². The van der Waals surface area contributed by atoms with Crippen LogP contribution in [0, 0.1) is 5.41 Å². The third-order valence-electron chi connectivity index (χ3n) is 2.57. The molecular formula is C13H16O4. The molecule has 1 aromatic rings. The van der Waals surface area contributed by atoms with E-state index in [9.17, 15) is 9.59 Å². The molecule has 0 heterocycles. The van der Waals surface area contributed by atoms with Gasteiger partial charge in [0.2, 0.25) is 0 Å². The van der Waals surface area contributed by atoms with Crippen LogP contribution in [0.1, 0.15) is 29.8 Å². The number of carbonyl (C=O) groups excluding carboxylic acids is 1. The summed E-state index contributed by atoms with van der Waals surface area (Å²) in [5.41, 5.74) is 0.390. The molecule has 0 saturated heterocycles. The molecule has 0 aliphatic heterocycles. The predicted octanol–water partition coefficient (Wildman–Crippen LogP) is 2.13. The molecule has 0 aliphatic carbocycles. The van der Waals surface area contributed by atoms with Crippen molar-refractivity contribution >= 4 is 11.9 Å². The highest BCUT2D eigenvalue weighted by atomic mass is 16.5. The molecule has 0 spiro atoms. The van der Waals surface area contributed by atoms with Gasteiger partial charge < -0.3 is 9.84 Å². The second-order valence-corrected chi connectivity index (χ2v) is 4.56. The van der Waals surface area contributed by atoms with Gasteiger partial charge in [0.25, 0.3) is 0 Å². The second-order valence-electron chi connectivity index (χ2n) is 4.56. The topological polar surface area (TPSA) is 63.6 Å². The van der Waals surface area contributed by atoms with Crippen molar-refractivity contribution in [3.63, 3.8) is 0 Å². The standard InChI is InChI=1S/C13H16O4/c1-13(2,12(15)16)8-9-5-4-6-10(7-9)11(14)17-3/h4-7H,8H2,1-3H3,(H,15,16). The van der Waals surface area contributed by atoms with E-state index in [-0.39, 0.29) is 0 Å². The molecule has 1 N–H and O–H groups in total. The van der Waals surface area contributed by atoms with Crippen LogP contribution in [-0.4, -0.2) is 24.2 Å². The van der Waals surface area contributed by atoms with Crippen LogP contribution < -0.4 is 0 Å². The number of methoxy groups -OCH3 is 1. The molecule has 17 heavy (non-hydrogen) atoms. The van der Waals surface area contributed by atoms with E-state index >= 15 is 0 Å². The maximum Gasteiger partial charge on any atom is 0.337 e. The van der Waals surface area contributed by atoms with Gasteiger partial charge >= 0.3 is 11.9 Å². The largest absolute Gasteiger partial charge is 0.481 e. The Labute approximate surface area is 100 Å².